The molecule has 2 atom stereocenters. The first-order valence-electron chi connectivity index (χ1n) is 11.5. The van der Waals surface area contributed by atoms with Gasteiger partial charge < -0.3 is 14.7 Å². The molecule has 0 aliphatic heterocycles. The Morgan fingerprint density at radius 3 is 2.71 bits per heavy atom. The maximum absolute atomic E-state index is 12.1. The zero-order valence-electron chi connectivity index (χ0n) is 19.9. The lowest BCUT2D eigenvalue weighted by molar-refractivity contribution is -0.124. The molecular weight excluding hydrogens is 386 g/mol. The zero-order valence-corrected chi connectivity index (χ0v) is 19.9. The number of phenols is 1. The smallest absolute Gasteiger partial charge is 0.249 e. The van der Waals surface area contributed by atoms with Crippen molar-refractivity contribution in [3.05, 3.63) is 59.4 Å². The third kappa shape index (κ3) is 6.75. The average Bonchev–Trinajstić information content (AvgIpc) is 2.72. The monoisotopic (exact) mass is 425 g/mol. The van der Waals surface area contributed by atoms with Crippen molar-refractivity contribution in [1.82, 2.24) is 4.90 Å². The van der Waals surface area contributed by atoms with Gasteiger partial charge in [0.15, 0.2) is 0 Å². The van der Waals surface area contributed by atoms with E-state index in [-0.39, 0.29) is 23.5 Å². The second kappa shape index (κ2) is 11.8. The molecule has 0 fully saturated rings. The molecule has 1 aromatic rings. The standard InChI is InChI=1S/C27H39NO3/c1-7-9-10-11-21-17-24(29)27(23-16-20(5)12-13-22(23)19(3)4)25(18-21)31-15-14-26(30)28(6)8-2/h14-18,22-23,29H,3,7-13H2,1-2,4-6H3/b15-14+/t22-,23+/m0/s1. The number of ether oxygens (including phenoxy) is 1. The Bertz CT molecular complexity index is 837. The predicted molar refractivity (Wildman–Crippen MR) is 128 cm³/mol. The summed E-state index contributed by atoms with van der Waals surface area (Å²) in [4.78, 5) is 13.7. The Labute approximate surface area is 188 Å². The summed E-state index contributed by atoms with van der Waals surface area (Å²) >= 11 is 0. The van der Waals surface area contributed by atoms with Crippen LogP contribution in [0.5, 0.6) is 11.5 Å². The minimum absolute atomic E-state index is 0.00774. The molecule has 31 heavy (non-hydrogen) atoms. The van der Waals surface area contributed by atoms with E-state index in [4.69, 9.17) is 4.74 Å². The molecule has 170 valence electrons. The first-order chi connectivity index (χ1) is 14.8. The molecule has 0 aromatic heterocycles. The summed E-state index contributed by atoms with van der Waals surface area (Å²) in [5, 5.41) is 11.1. The fourth-order valence-electron chi connectivity index (χ4n) is 4.18. The summed E-state index contributed by atoms with van der Waals surface area (Å²) in [7, 11) is 1.76. The highest BCUT2D eigenvalue weighted by atomic mass is 16.5. The SMILES string of the molecule is C=C(C)[C@@H]1CCC(C)=C[C@H]1c1c(O)cc(CCCCC)cc1O/C=C/C(=O)N(C)CC. The summed E-state index contributed by atoms with van der Waals surface area (Å²) in [6.07, 6.45) is 11.4. The van der Waals surface area contributed by atoms with Crippen LogP contribution in [0, 0.1) is 5.92 Å². The number of aromatic hydroxyl groups is 1. The van der Waals surface area contributed by atoms with Gasteiger partial charge in [-0.2, -0.15) is 0 Å². The Morgan fingerprint density at radius 2 is 2.06 bits per heavy atom. The van der Waals surface area contributed by atoms with E-state index in [0.717, 1.165) is 55.2 Å². The Hall–Kier alpha value is -2.49. The fourth-order valence-corrected chi connectivity index (χ4v) is 4.18. The molecule has 0 saturated carbocycles. The first-order valence-corrected chi connectivity index (χ1v) is 11.5. The lowest BCUT2D eigenvalue weighted by Crippen LogP contribution is -2.24. The van der Waals surface area contributed by atoms with Gasteiger partial charge in [-0.25, -0.2) is 0 Å². The molecule has 1 amide bonds. The summed E-state index contributed by atoms with van der Waals surface area (Å²) in [6.45, 7) is 13.1. The molecule has 1 aromatic carbocycles. The minimum Gasteiger partial charge on any atom is -0.507 e. The van der Waals surface area contributed by atoms with Crippen LogP contribution in [0.15, 0.2) is 48.3 Å². The second-order valence-electron chi connectivity index (χ2n) is 8.79. The normalized spacial score (nSPS) is 18.7. The predicted octanol–water partition coefficient (Wildman–Crippen LogP) is 6.51. The number of phenolic OH excluding ortho intramolecular Hbond substituents is 1. The Balaban J connectivity index is 2.44. The van der Waals surface area contributed by atoms with Crippen molar-refractivity contribution in [2.45, 2.75) is 72.1 Å². The number of benzene rings is 1. The number of rotatable bonds is 10. The van der Waals surface area contributed by atoms with Gasteiger partial charge in [0.25, 0.3) is 0 Å². The van der Waals surface area contributed by atoms with Crippen molar-refractivity contribution < 1.29 is 14.6 Å². The lowest BCUT2D eigenvalue weighted by atomic mass is 9.73. The van der Waals surface area contributed by atoms with Gasteiger partial charge >= 0.3 is 0 Å². The van der Waals surface area contributed by atoms with Gasteiger partial charge in [0.05, 0.1) is 6.26 Å². The minimum atomic E-state index is -0.111. The van der Waals surface area contributed by atoms with Crippen LogP contribution in [0.4, 0.5) is 0 Å². The summed E-state index contributed by atoms with van der Waals surface area (Å²) in [5.74, 6) is 1.03. The highest BCUT2D eigenvalue weighted by Crippen LogP contribution is 2.47. The molecule has 0 unspecified atom stereocenters. The molecule has 0 spiro atoms. The Kier molecular flexibility index (Phi) is 9.42. The van der Waals surface area contributed by atoms with Gasteiger partial charge in [-0.1, -0.05) is 43.6 Å². The van der Waals surface area contributed by atoms with Crippen LogP contribution in [0.2, 0.25) is 0 Å². The molecule has 1 N–H and O–H groups in total. The molecule has 0 radical (unpaired) electrons. The number of nitrogens with zero attached hydrogens (tertiary/aromatic N) is 1. The lowest BCUT2D eigenvalue weighted by Gasteiger charge is -2.32. The van der Waals surface area contributed by atoms with Gasteiger partial charge in [-0.05, 0) is 70.1 Å². The maximum Gasteiger partial charge on any atom is 0.249 e. The van der Waals surface area contributed by atoms with Crippen molar-refractivity contribution in [3.63, 3.8) is 0 Å². The molecule has 2 rings (SSSR count). The van der Waals surface area contributed by atoms with Crippen LogP contribution in [0.3, 0.4) is 0 Å². The van der Waals surface area contributed by atoms with E-state index in [2.05, 4.69) is 33.4 Å². The highest BCUT2D eigenvalue weighted by molar-refractivity contribution is 5.87. The number of aryl methyl sites for hydroxylation is 1. The van der Waals surface area contributed by atoms with E-state index in [0.29, 0.717) is 12.3 Å². The van der Waals surface area contributed by atoms with E-state index >= 15 is 0 Å². The van der Waals surface area contributed by atoms with E-state index in [9.17, 15) is 9.90 Å². The number of hydrogen-bond acceptors (Lipinski definition) is 3. The van der Waals surface area contributed by atoms with Gasteiger partial charge in [-0.15, -0.1) is 0 Å². The van der Waals surface area contributed by atoms with Crippen molar-refractivity contribution in [2.75, 3.05) is 13.6 Å². The van der Waals surface area contributed by atoms with Crippen molar-refractivity contribution >= 4 is 5.91 Å². The van der Waals surface area contributed by atoms with E-state index < -0.39 is 0 Å². The third-order valence-electron chi connectivity index (χ3n) is 6.22. The fraction of sp³-hybridized carbons (Fsp3) is 0.519. The summed E-state index contributed by atoms with van der Waals surface area (Å²) < 4.78 is 6.00. The number of likely N-dealkylation sites (N-methyl/N-ethyl adjacent to an activating group) is 1. The summed E-state index contributed by atoms with van der Waals surface area (Å²) in [6, 6.07) is 3.90. The van der Waals surface area contributed by atoms with Gasteiger partial charge in [-0.3, -0.25) is 4.79 Å². The van der Waals surface area contributed by atoms with Gasteiger partial charge in [0.2, 0.25) is 5.91 Å². The quantitative estimate of drug-likeness (QED) is 0.201. The topological polar surface area (TPSA) is 49.8 Å². The van der Waals surface area contributed by atoms with Crippen LogP contribution in [-0.2, 0) is 11.2 Å². The van der Waals surface area contributed by atoms with E-state index in [1.54, 1.807) is 11.9 Å². The van der Waals surface area contributed by atoms with Crippen LogP contribution >= 0.6 is 0 Å². The summed E-state index contributed by atoms with van der Waals surface area (Å²) in [5.41, 5.74) is 4.27. The van der Waals surface area contributed by atoms with Crippen LogP contribution < -0.4 is 4.74 Å². The van der Waals surface area contributed by atoms with Crippen LogP contribution in [-0.4, -0.2) is 29.5 Å². The molecule has 1 aliphatic carbocycles. The van der Waals surface area contributed by atoms with Crippen LogP contribution in [0.25, 0.3) is 0 Å². The molecule has 0 saturated heterocycles. The largest absolute Gasteiger partial charge is 0.507 e. The molecule has 1 aliphatic rings. The van der Waals surface area contributed by atoms with Crippen LogP contribution in [0.1, 0.15) is 76.8 Å². The number of allylic oxidation sites excluding steroid dienone is 3. The molecule has 4 heteroatoms. The molecule has 0 bridgehead atoms. The van der Waals surface area contributed by atoms with Crippen molar-refractivity contribution in [1.29, 1.82) is 0 Å². The number of unbranched alkanes of at least 4 members (excludes halogenated alkanes) is 2. The molecule has 0 heterocycles. The van der Waals surface area contributed by atoms with Gasteiger partial charge in [0.1, 0.15) is 11.5 Å². The second-order valence-corrected chi connectivity index (χ2v) is 8.79. The van der Waals surface area contributed by atoms with Crippen molar-refractivity contribution in [2.24, 2.45) is 5.92 Å². The first kappa shape index (κ1) is 24.8. The zero-order chi connectivity index (χ0) is 23.0. The van der Waals surface area contributed by atoms with E-state index in [1.165, 1.54) is 17.9 Å². The maximum atomic E-state index is 12.1. The highest BCUT2D eigenvalue weighted by Gasteiger charge is 2.30. The average molecular weight is 426 g/mol. The molecular formula is C27H39NO3. The number of amides is 1. The van der Waals surface area contributed by atoms with Gasteiger partial charge in [0, 0.05) is 31.1 Å². The number of carbonyl (C=O) groups excluding carboxylic acids is 1. The van der Waals surface area contributed by atoms with Crippen molar-refractivity contribution in [3.8, 4) is 11.5 Å². The number of hydrogen-bond donors (Lipinski definition) is 1. The number of carbonyl (C=O) groups is 1. The van der Waals surface area contributed by atoms with E-state index in [1.807, 2.05) is 19.1 Å². The Morgan fingerprint density at radius 1 is 1.32 bits per heavy atom. The third-order valence-corrected chi connectivity index (χ3v) is 6.22. The molecule has 4 nitrogen and oxygen atoms in total.